The van der Waals surface area contributed by atoms with Crippen molar-refractivity contribution in [1.29, 1.82) is 5.26 Å². The van der Waals surface area contributed by atoms with E-state index in [-0.39, 0.29) is 30.4 Å². The first kappa shape index (κ1) is 29.3. The number of aromatic nitrogens is 2. The summed E-state index contributed by atoms with van der Waals surface area (Å²) in [6.45, 7) is 16.3. The Labute approximate surface area is 226 Å². The van der Waals surface area contributed by atoms with Crippen LogP contribution in [0.1, 0.15) is 80.3 Å². The Hall–Kier alpha value is -3.28. The summed E-state index contributed by atoms with van der Waals surface area (Å²) in [5.74, 6) is -0.0821. The maximum Gasteiger partial charge on any atom is 0.410 e. The van der Waals surface area contributed by atoms with Gasteiger partial charge in [0.2, 0.25) is 0 Å². The molecule has 1 aliphatic rings. The number of aryl methyl sites for hydroxylation is 1. The molecule has 2 aromatic rings. The summed E-state index contributed by atoms with van der Waals surface area (Å²) in [5.41, 5.74) is 0.514. The van der Waals surface area contributed by atoms with Crippen molar-refractivity contribution >= 4 is 28.7 Å². The van der Waals surface area contributed by atoms with Crippen LogP contribution in [-0.4, -0.2) is 57.1 Å². The van der Waals surface area contributed by atoms with Crippen LogP contribution in [0.2, 0.25) is 0 Å². The van der Waals surface area contributed by atoms with E-state index >= 15 is 0 Å². The van der Waals surface area contributed by atoms with Gasteiger partial charge in [0.15, 0.2) is 0 Å². The number of ether oxygens (including phenoxy) is 2. The number of amides is 1. The second kappa shape index (κ2) is 10.8. The quantitative estimate of drug-likeness (QED) is 0.494. The smallest absolute Gasteiger partial charge is 0.410 e. The molecule has 0 saturated carbocycles. The van der Waals surface area contributed by atoms with E-state index in [2.05, 4.69) is 18.3 Å². The van der Waals surface area contributed by atoms with Gasteiger partial charge in [-0.3, -0.25) is 9.48 Å². The van der Waals surface area contributed by atoms with Gasteiger partial charge in [0.05, 0.1) is 22.7 Å². The number of nitrogens with zero attached hydrogens (tertiary/aromatic N) is 4. The number of nitrogens with one attached hydrogen (secondary N) is 1. The molecule has 0 aliphatic carbocycles. The lowest BCUT2D eigenvalue weighted by molar-refractivity contribution is -0.155. The first-order valence-corrected chi connectivity index (χ1v) is 13.4. The summed E-state index contributed by atoms with van der Waals surface area (Å²) < 4.78 is 12.8. The van der Waals surface area contributed by atoms with E-state index in [1.807, 2.05) is 73.7 Å². The highest BCUT2D eigenvalue weighted by molar-refractivity contribution is 5.86. The molecule has 1 unspecified atom stereocenters. The van der Waals surface area contributed by atoms with Gasteiger partial charge in [0, 0.05) is 43.7 Å². The minimum absolute atomic E-state index is 0.138. The Morgan fingerprint density at radius 1 is 1.13 bits per heavy atom. The van der Waals surface area contributed by atoms with Gasteiger partial charge in [-0.25, -0.2) is 4.79 Å². The van der Waals surface area contributed by atoms with Crippen molar-refractivity contribution < 1.29 is 19.1 Å². The molecule has 0 spiro atoms. The van der Waals surface area contributed by atoms with Gasteiger partial charge in [-0.1, -0.05) is 6.92 Å². The summed E-state index contributed by atoms with van der Waals surface area (Å²) in [7, 11) is 1.86. The minimum Gasteiger partial charge on any atom is -0.460 e. The second-order valence-corrected chi connectivity index (χ2v) is 12.7. The molecule has 9 nitrogen and oxygen atoms in total. The van der Waals surface area contributed by atoms with E-state index in [0.717, 1.165) is 23.0 Å². The molecule has 208 valence electrons. The molecule has 3 atom stereocenters. The summed E-state index contributed by atoms with van der Waals surface area (Å²) in [5, 5.41) is 19.3. The van der Waals surface area contributed by atoms with Gasteiger partial charge in [-0.05, 0) is 85.4 Å². The topological polar surface area (TPSA) is 109 Å². The molecule has 1 aromatic carbocycles. The molecule has 2 heterocycles. The lowest BCUT2D eigenvalue weighted by Crippen LogP contribution is -2.48. The number of piperidine rings is 1. The molecule has 1 N–H and O–H groups in total. The van der Waals surface area contributed by atoms with Gasteiger partial charge < -0.3 is 19.7 Å². The van der Waals surface area contributed by atoms with E-state index in [4.69, 9.17) is 14.6 Å². The van der Waals surface area contributed by atoms with E-state index < -0.39 is 16.6 Å². The van der Waals surface area contributed by atoms with Crippen LogP contribution in [0.15, 0.2) is 18.2 Å². The van der Waals surface area contributed by atoms with Crippen LogP contribution < -0.4 is 5.32 Å². The molecular weight excluding hydrogens is 482 g/mol. The molecule has 1 aromatic heterocycles. The number of carbonyl (C=O) groups excluding carboxylic acids is 2. The second-order valence-electron chi connectivity index (χ2n) is 12.7. The van der Waals surface area contributed by atoms with Crippen LogP contribution >= 0.6 is 0 Å². The highest BCUT2D eigenvalue weighted by Gasteiger charge is 2.34. The SMILES string of the molecule is C[C@@H]1CN(C(=O)OC(C)(C)C)CC[C@H]1Nc1ccc2c(C(C)(C#N)CCC(=O)OC(C)(C)C)nn(C)c2c1. The molecule has 1 aliphatic heterocycles. The van der Waals surface area contributed by atoms with Gasteiger partial charge in [-0.15, -0.1) is 0 Å². The van der Waals surface area contributed by atoms with Crippen molar-refractivity contribution in [3.63, 3.8) is 0 Å². The Bertz CT molecular complexity index is 1220. The fourth-order valence-corrected chi connectivity index (χ4v) is 4.79. The average molecular weight is 526 g/mol. The number of carbonyl (C=O) groups is 2. The molecule has 0 bridgehead atoms. The number of hydrogen-bond acceptors (Lipinski definition) is 7. The first-order valence-electron chi connectivity index (χ1n) is 13.4. The Morgan fingerprint density at radius 3 is 2.37 bits per heavy atom. The number of benzene rings is 1. The zero-order valence-electron chi connectivity index (χ0n) is 24.3. The normalized spacial score (nSPS) is 19.9. The predicted molar refractivity (Wildman–Crippen MR) is 148 cm³/mol. The van der Waals surface area contributed by atoms with E-state index in [1.165, 1.54) is 0 Å². The Kier molecular flexibility index (Phi) is 8.35. The molecule has 38 heavy (non-hydrogen) atoms. The zero-order chi connectivity index (χ0) is 28.5. The molecule has 3 rings (SSSR count). The van der Waals surface area contributed by atoms with Crippen molar-refractivity contribution in [1.82, 2.24) is 14.7 Å². The lowest BCUT2D eigenvalue weighted by Gasteiger charge is -2.38. The van der Waals surface area contributed by atoms with Gasteiger partial charge in [-0.2, -0.15) is 10.4 Å². The number of hydrogen-bond donors (Lipinski definition) is 1. The minimum atomic E-state index is -0.936. The number of rotatable bonds is 6. The molecule has 1 amide bonds. The van der Waals surface area contributed by atoms with E-state index in [9.17, 15) is 14.9 Å². The number of anilines is 1. The van der Waals surface area contributed by atoms with E-state index in [0.29, 0.717) is 25.2 Å². The standard InChI is InChI=1S/C29H43N5O4/c1-19-17-34(26(36)38-28(5,6)7)15-13-22(19)31-20-10-11-21-23(16-20)33(9)32-25(21)29(8,18-30)14-12-24(35)37-27(2,3)4/h10-11,16,19,22,31H,12-15,17H2,1-9H3/t19-,22-,29?/m1/s1. The molecule has 1 fully saturated rings. The third-order valence-corrected chi connectivity index (χ3v) is 6.78. The molecule has 9 heteroatoms. The third kappa shape index (κ3) is 7.18. The maximum absolute atomic E-state index is 12.5. The Morgan fingerprint density at radius 2 is 1.79 bits per heavy atom. The van der Waals surface area contributed by atoms with E-state index in [1.54, 1.807) is 9.58 Å². The molecular formula is C29H43N5O4. The first-order chi connectivity index (χ1) is 17.5. The summed E-state index contributed by atoms with van der Waals surface area (Å²) >= 11 is 0. The highest BCUT2D eigenvalue weighted by Crippen LogP contribution is 2.35. The monoisotopic (exact) mass is 525 g/mol. The summed E-state index contributed by atoms with van der Waals surface area (Å²) in [6.07, 6.45) is 1.00. The predicted octanol–water partition coefficient (Wildman–Crippen LogP) is 5.53. The number of esters is 1. The molecule has 0 radical (unpaired) electrons. The summed E-state index contributed by atoms with van der Waals surface area (Å²) in [6, 6.07) is 8.64. The fourth-order valence-electron chi connectivity index (χ4n) is 4.79. The van der Waals surface area contributed by atoms with Crippen LogP contribution in [-0.2, 0) is 26.7 Å². The largest absolute Gasteiger partial charge is 0.460 e. The van der Waals surface area contributed by atoms with Crippen LogP contribution in [0.25, 0.3) is 10.9 Å². The van der Waals surface area contributed by atoms with Crippen LogP contribution in [0.5, 0.6) is 0 Å². The van der Waals surface area contributed by atoms with Gasteiger partial charge in [0.1, 0.15) is 11.2 Å². The fraction of sp³-hybridized carbons (Fsp3) is 0.655. The van der Waals surface area contributed by atoms with Crippen molar-refractivity contribution in [3.8, 4) is 6.07 Å². The highest BCUT2D eigenvalue weighted by atomic mass is 16.6. The van der Waals surface area contributed by atoms with Gasteiger partial charge >= 0.3 is 12.1 Å². The van der Waals surface area contributed by atoms with Gasteiger partial charge in [0.25, 0.3) is 0 Å². The van der Waals surface area contributed by atoms with Crippen LogP contribution in [0, 0.1) is 17.2 Å². The Balaban J connectivity index is 1.73. The summed E-state index contributed by atoms with van der Waals surface area (Å²) in [4.78, 5) is 26.6. The van der Waals surface area contributed by atoms with Crippen LogP contribution in [0.3, 0.4) is 0 Å². The zero-order valence-corrected chi connectivity index (χ0v) is 24.3. The third-order valence-electron chi connectivity index (χ3n) is 6.78. The van der Waals surface area contributed by atoms with Crippen molar-refractivity contribution in [2.45, 2.75) is 97.3 Å². The lowest BCUT2D eigenvalue weighted by atomic mass is 9.82. The number of likely N-dealkylation sites (tertiary alicyclic amines) is 1. The maximum atomic E-state index is 12.5. The number of nitriles is 1. The van der Waals surface area contributed by atoms with Crippen molar-refractivity contribution in [3.05, 3.63) is 23.9 Å². The van der Waals surface area contributed by atoms with Crippen LogP contribution in [0.4, 0.5) is 10.5 Å². The average Bonchev–Trinajstić information content (AvgIpc) is 3.13. The molecule has 1 saturated heterocycles. The number of fused-ring (bicyclic) bond motifs is 1. The van der Waals surface area contributed by atoms with Crippen molar-refractivity contribution in [2.75, 3.05) is 18.4 Å². The van der Waals surface area contributed by atoms with Crippen molar-refractivity contribution in [2.24, 2.45) is 13.0 Å².